The van der Waals surface area contributed by atoms with Gasteiger partial charge in [-0.25, -0.2) is 8.42 Å². The number of nitrogen functional groups attached to an aromatic ring is 1. The smallest absolute Gasteiger partial charge is 0.245 e. The molecule has 0 aromatic heterocycles. The lowest BCUT2D eigenvalue weighted by Gasteiger charge is -2.30. The van der Waals surface area contributed by atoms with Gasteiger partial charge in [0.05, 0.1) is 17.3 Å². The number of benzene rings is 1. The minimum absolute atomic E-state index is 0.0885. The van der Waals surface area contributed by atoms with E-state index >= 15 is 0 Å². The molecule has 2 rings (SSSR count). The Bertz CT molecular complexity index is 622. The van der Waals surface area contributed by atoms with Gasteiger partial charge in [-0.2, -0.15) is 21.3 Å². The average Bonchev–Trinajstić information content (AvgIpc) is 2.38. The van der Waals surface area contributed by atoms with Gasteiger partial charge in [0, 0.05) is 24.1 Å². The third-order valence-electron chi connectivity index (χ3n) is 2.96. The predicted molar refractivity (Wildman–Crippen MR) is 76.2 cm³/mol. The van der Waals surface area contributed by atoms with Crippen LogP contribution >= 0.6 is 11.8 Å². The molecule has 2 N–H and O–H groups in total. The summed E-state index contributed by atoms with van der Waals surface area (Å²) in [4.78, 5) is 0.0885. The fourth-order valence-electron chi connectivity index (χ4n) is 2.00. The van der Waals surface area contributed by atoms with Crippen molar-refractivity contribution >= 4 is 27.5 Å². The Kier molecular flexibility index (Phi) is 4.04. The summed E-state index contributed by atoms with van der Waals surface area (Å²) < 4.78 is 26.5. The van der Waals surface area contributed by atoms with E-state index in [1.54, 1.807) is 11.8 Å². The van der Waals surface area contributed by atoms with Crippen LogP contribution in [0.5, 0.6) is 0 Å². The molecule has 0 bridgehead atoms. The largest absolute Gasteiger partial charge is 0.398 e. The summed E-state index contributed by atoms with van der Waals surface area (Å²) >= 11 is 1.76. The Morgan fingerprint density at radius 3 is 2.84 bits per heavy atom. The van der Waals surface area contributed by atoms with E-state index in [9.17, 15) is 8.42 Å². The van der Waals surface area contributed by atoms with Crippen LogP contribution in [-0.4, -0.2) is 36.8 Å². The third-order valence-corrected chi connectivity index (χ3v) is 6.04. The van der Waals surface area contributed by atoms with Gasteiger partial charge in [0.15, 0.2) is 0 Å². The number of rotatable bonds is 2. The number of nitriles is 1. The minimum atomic E-state index is -3.57. The maximum atomic E-state index is 12.5. The lowest BCUT2D eigenvalue weighted by molar-refractivity contribution is 0.424. The molecule has 1 saturated heterocycles. The van der Waals surface area contributed by atoms with Gasteiger partial charge in [-0.3, -0.25) is 0 Å². The lowest BCUT2D eigenvalue weighted by atomic mass is 10.2. The van der Waals surface area contributed by atoms with Crippen LogP contribution in [0, 0.1) is 11.3 Å². The molecular weight excluding hydrogens is 282 g/mol. The van der Waals surface area contributed by atoms with Crippen molar-refractivity contribution in [3.8, 4) is 6.07 Å². The Balaban J connectivity index is 2.37. The zero-order valence-corrected chi connectivity index (χ0v) is 12.2. The van der Waals surface area contributed by atoms with E-state index in [1.165, 1.54) is 22.5 Å². The van der Waals surface area contributed by atoms with Gasteiger partial charge >= 0.3 is 0 Å². The fourth-order valence-corrected chi connectivity index (χ4v) is 4.85. The van der Waals surface area contributed by atoms with Crippen LogP contribution in [0.4, 0.5) is 5.69 Å². The van der Waals surface area contributed by atoms with Crippen LogP contribution in [0.3, 0.4) is 0 Å². The molecule has 19 heavy (non-hydrogen) atoms. The number of hydrogen-bond acceptors (Lipinski definition) is 5. The normalized spacial score (nSPS) is 20.9. The molecule has 1 aliphatic rings. The molecule has 7 heteroatoms. The van der Waals surface area contributed by atoms with Crippen molar-refractivity contribution in [1.29, 1.82) is 5.26 Å². The molecule has 1 aliphatic heterocycles. The first kappa shape index (κ1) is 14.2. The SMILES string of the molecule is CC1CN(S(=O)(=O)c2ccc(C#N)cc2N)CCS1. The van der Waals surface area contributed by atoms with Crippen LogP contribution in [0.25, 0.3) is 0 Å². The quantitative estimate of drug-likeness (QED) is 0.831. The molecule has 1 unspecified atom stereocenters. The molecule has 0 spiro atoms. The molecular formula is C12H15N3O2S2. The van der Waals surface area contributed by atoms with E-state index in [2.05, 4.69) is 0 Å². The van der Waals surface area contributed by atoms with Gasteiger partial charge in [-0.15, -0.1) is 0 Å². The third kappa shape index (κ3) is 2.86. The molecule has 0 saturated carbocycles. The second-order valence-electron chi connectivity index (χ2n) is 4.41. The average molecular weight is 297 g/mol. The zero-order chi connectivity index (χ0) is 14.0. The van der Waals surface area contributed by atoms with E-state index in [0.717, 1.165) is 5.75 Å². The van der Waals surface area contributed by atoms with Gasteiger partial charge in [0.25, 0.3) is 0 Å². The Morgan fingerprint density at radius 1 is 1.53 bits per heavy atom. The standard InChI is InChI=1S/C12H15N3O2S2/c1-9-8-15(4-5-18-9)19(16,17)12-3-2-10(7-13)6-11(12)14/h2-3,6,9H,4-5,8,14H2,1H3. The second-order valence-corrected chi connectivity index (χ2v) is 7.86. The summed E-state index contributed by atoms with van der Waals surface area (Å²) in [7, 11) is -3.57. The molecule has 0 aliphatic carbocycles. The van der Waals surface area contributed by atoms with Crippen molar-refractivity contribution in [3.05, 3.63) is 23.8 Å². The topological polar surface area (TPSA) is 87.2 Å². The van der Waals surface area contributed by atoms with Gasteiger partial charge in [0.2, 0.25) is 10.0 Å². The highest BCUT2D eigenvalue weighted by Crippen LogP contribution is 2.27. The fraction of sp³-hybridized carbons (Fsp3) is 0.417. The first-order valence-corrected chi connectivity index (χ1v) is 8.35. The number of nitrogens with zero attached hydrogens (tertiary/aromatic N) is 2. The van der Waals surface area contributed by atoms with Gasteiger partial charge in [-0.05, 0) is 18.2 Å². The molecule has 1 aromatic rings. The van der Waals surface area contributed by atoms with Crippen LogP contribution in [0.15, 0.2) is 23.1 Å². The number of nitrogens with two attached hydrogens (primary N) is 1. The van der Waals surface area contributed by atoms with Crippen LogP contribution in [0.1, 0.15) is 12.5 Å². The molecule has 0 amide bonds. The maximum absolute atomic E-state index is 12.5. The van der Waals surface area contributed by atoms with E-state index in [0.29, 0.717) is 18.7 Å². The maximum Gasteiger partial charge on any atom is 0.245 e. The van der Waals surface area contributed by atoms with Crippen molar-refractivity contribution in [2.45, 2.75) is 17.1 Å². The van der Waals surface area contributed by atoms with Crippen LogP contribution in [0.2, 0.25) is 0 Å². The molecule has 1 atom stereocenters. The highest BCUT2D eigenvalue weighted by molar-refractivity contribution is 8.00. The van der Waals surface area contributed by atoms with Crippen LogP contribution < -0.4 is 5.73 Å². The lowest BCUT2D eigenvalue weighted by Crippen LogP contribution is -2.41. The van der Waals surface area contributed by atoms with E-state index in [4.69, 9.17) is 11.0 Å². The summed E-state index contributed by atoms with van der Waals surface area (Å²) in [5.74, 6) is 0.788. The highest BCUT2D eigenvalue weighted by Gasteiger charge is 2.30. The summed E-state index contributed by atoms with van der Waals surface area (Å²) in [5.41, 5.74) is 6.25. The number of anilines is 1. The van der Waals surface area contributed by atoms with Gasteiger partial charge in [-0.1, -0.05) is 6.92 Å². The number of sulfonamides is 1. The van der Waals surface area contributed by atoms with Gasteiger partial charge < -0.3 is 5.73 Å². The highest BCUT2D eigenvalue weighted by atomic mass is 32.2. The van der Waals surface area contributed by atoms with E-state index < -0.39 is 10.0 Å². The van der Waals surface area contributed by atoms with Crippen molar-refractivity contribution in [2.24, 2.45) is 0 Å². The van der Waals surface area contributed by atoms with Crippen molar-refractivity contribution in [3.63, 3.8) is 0 Å². The van der Waals surface area contributed by atoms with Gasteiger partial charge in [0.1, 0.15) is 4.90 Å². The Labute approximate surface area is 117 Å². The summed E-state index contributed by atoms with van der Waals surface area (Å²) in [6.07, 6.45) is 0. The number of hydrogen-bond donors (Lipinski definition) is 1. The molecule has 1 aromatic carbocycles. The van der Waals surface area contributed by atoms with Crippen molar-refractivity contribution in [2.75, 3.05) is 24.6 Å². The second kappa shape index (κ2) is 5.41. The van der Waals surface area contributed by atoms with E-state index in [1.807, 2.05) is 13.0 Å². The van der Waals surface area contributed by atoms with Crippen molar-refractivity contribution < 1.29 is 8.42 Å². The van der Waals surface area contributed by atoms with E-state index in [-0.39, 0.29) is 15.8 Å². The first-order chi connectivity index (χ1) is 8.95. The minimum Gasteiger partial charge on any atom is -0.398 e. The monoisotopic (exact) mass is 297 g/mol. The Hall–Kier alpha value is -1.23. The molecule has 1 heterocycles. The predicted octanol–water partition coefficient (Wildman–Crippen LogP) is 1.27. The van der Waals surface area contributed by atoms with Crippen LogP contribution in [-0.2, 0) is 10.0 Å². The molecule has 0 radical (unpaired) electrons. The summed E-state index contributed by atoms with van der Waals surface area (Å²) in [6.45, 7) is 3.00. The summed E-state index contributed by atoms with van der Waals surface area (Å²) in [5, 5.41) is 9.05. The first-order valence-electron chi connectivity index (χ1n) is 5.86. The number of thioether (sulfide) groups is 1. The Morgan fingerprint density at radius 2 is 2.26 bits per heavy atom. The summed E-state index contributed by atoms with van der Waals surface area (Å²) in [6, 6.07) is 6.23. The zero-order valence-electron chi connectivity index (χ0n) is 10.5. The molecule has 5 nitrogen and oxygen atoms in total. The molecule has 102 valence electrons. The van der Waals surface area contributed by atoms with Crippen molar-refractivity contribution in [1.82, 2.24) is 4.31 Å². The molecule has 1 fully saturated rings.